The molecule has 0 bridgehead atoms. The van der Waals surface area contributed by atoms with Crippen LogP contribution in [0.4, 0.5) is 0 Å². The highest BCUT2D eigenvalue weighted by molar-refractivity contribution is 5.96. The summed E-state index contributed by atoms with van der Waals surface area (Å²) in [6.45, 7) is 5.75. The third-order valence-electron chi connectivity index (χ3n) is 3.63. The topological polar surface area (TPSA) is 102 Å². The van der Waals surface area contributed by atoms with Gasteiger partial charge in [0, 0.05) is 12.5 Å². The third-order valence-corrected chi connectivity index (χ3v) is 3.63. The number of aromatic nitrogens is 1. The Kier molecular flexibility index (Phi) is 6.16. The first kappa shape index (κ1) is 18.5. The van der Waals surface area contributed by atoms with Crippen LogP contribution in [-0.4, -0.2) is 35.3 Å². The molecule has 0 saturated carbocycles. The van der Waals surface area contributed by atoms with Crippen LogP contribution in [0.15, 0.2) is 28.8 Å². The van der Waals surface area contributed by atoms with Crippen LogP contribution < -0.4 is 10.1 Å². The maximum atomic E-state index is 12.4. The molecule has 1 heterocycles. The van der Waals surface area contributed by atoms with Crippen molar-refractivity contribution in [2.45, 2.75) is 33.1 Å². The number of amides is 1. The van der Waals surface area contributed by atoms with Crippen LogP contribution in [0, 0.1) is 6.92 Å². The molecule has 0 aliphatic heterocycles. The van der Waals surface area contributed by atoms with Gasteiger partial charge in [-0.2, -0.15) is 0 Å². The van der Waals surface area contributed by atoms with Crippen LogP contribution >= 0.6 is 0 Å². The van der Waals surface area contributed by atoms with Gasteiger partial charge in [-0.05, 0) is 31.0 Å². The van der Waals surface area contributed by atoms with Crippen molar-refractivity contribution < 1.29 is 24.0 Å². The minimum atomic E-state index is -1.02. The van der Waals surface area contributed by atoms with Gasteiger partial charge >= 0.3 is 5.97 Å². The van der Waals surface area contributed by atoms with Crippen LogP contribution in [0.1, 0.15) is 47.1 Å². The molecule has 1 aromatic carbocycles. The maximum Gasteiger partial charge on any atom is 0.341 e. The quantitative estimate of drug-likeness (QED) is 0.761. The Morgan fingerprint density at radius 3 is 2.56 bits per heavy atom. The van der Waals surface area contributed by atoms with E-state index in [0.29, 0.717) is 35.7 Å². The molecule has 25 heavy (non-hydrogen) atoms. The number of ether oxygens (including phenoxy) is 1. The fourth-order valence-electron chi connectivity index (χ4n) is 2.36. The molecule has 0 spiro atoms. The van der Waals surface area contributed by atoms with Gasteiger partial charge in [-0.1, -0.05) is 31.1 Å². The molecular weight excluding hydrogens is 324 g/mol. The van der Waals surface area contributed by atoms with Crippen LogP contribution in [0.5, 0.6) is 5.75 Å². The summed E-state index contributed by atoms with van der Waals surface area (Å²) < 4.78 is 10.3. The lowest BCUT2D eigenvalue weighted by Gasteiger charge is -2.08. The Bertz CT molecular complexity index is 734. The van der Waals surface area contributed by atoms with Crippen molar-refractivity contribution in [1.82, 2.24) is 10.5 Å². The van der Waals surface area contributed by atoms with Crippen molar-refractivity contribution in [2.75, 3.05) is 13.2 Å². The second-order valence-corrected chi connectivity index (χ2v) is 5.99. The lowest BCUT2D eigenvalue weighted by Crippen LogP contribution is -2.27. The average molecular weight is 346 g/mol. The molecule has 0 radical (unpaired) electrons. The van der Waals surface area contributed by atoms with Gasteiger partial charge in [0.2, 0.25) is 0 Å². The number of hydrogen-bond donors (Lipinski definition) is 2. The van der Waals surface area contributed by atoms with E-state index in [1.807, 2.05) is 26.0 Å². The summed E-state index contributed by atoms with van der Waals surface area (Å²) in [5, 5.41) is 15.3. The molecule has 2 aromatic rings. The molecule has 2 rings (SSSR count). The Hall–Kier alpha value is -2.83. The van der Waals surface area contributed by atoms with Crippen LogP contribution in [0.25, 0.3) is 0 Å². The predicted octanol–water partition coefficient (Wildman–Crippen LogP) is 2.54. The van der Waals surface area contributed by atoms with Crippen LogP contribution in [0.2, 0.25) is 0 Å². The van der Waals surface area contributed by atoms with E-state index in [2.05, 4.69) is 10.5 Å². The molecule has 0 aliphatic rings. The van der Waals surface area contributed by atoms with Gasteiger partial charge in [0.15, 0.2) is 12.4 Å². The number of carboxylic acids is 1. The minimum absolute atomic E-state index is 0.0836. The summed E-state index contributed by atoms with van der Waals surface area (Å²) in [7, 11) is 0. The van der Waals surface area contributed by atoms with E-state index < -0.39 is 5.97 Å². The van der Waals surface area contributed by atoms with Crippen molar-refractivity contribution >= 4 is 11.9 Å². The summed E-state index contributed by atoms with van der Waals surface area (Å²) in [6.07, 6.45) is 0.645. The molecule has 0 unspecified atom stereocenters. The maximum absolute atomic E-state index is 12.4. The van der Waals surface area contributed by atoms with E-state index in [-0.39, 0.29) is 18.4 Å². The van der Waals surface area contributed by atoms with E-state index in [9.17, 15) is 9.59 Å². The van der Waals surface area contributed by atoms with Gasteiger partial charge in [-0.3, -0.25) is 4.79 Å². The van der Waals surface area contributed by atoms with Crippen LogP contribution in [-0.2, 0) is 11.2 Å². The molecule has 0 fully saturated rings. The summed E-state index contributed by atoms with van der Waals surface area (Å²) in [4.78, 5) is 22.8. The van der Waals surface area contributed by atoms with Crippen molar-refractivity contribution in [3.63, 3.8) is 0 Å². The number of nitrogens with zero attached hydrogens (tertiary/aromatic N) is 1. The zero-order valence-corrected chi connectivity index (χ0v) is 14.5. The Balaban J connectivity index is 1.87. The zero-order chi connectivity index (χ0) is 18.4. The van der Waals surface area contributed by atoms with Crippen molar-refractivity contribution in [3.05, 3.63) is 46.8 Å². The van der Waals surface area contributed by atoms with E-state index >= 15 is 0 Å². The SMILES string of the molecule is Cc1noc(C(C)C)c1C(=O)NCCc1ccc(OCC(=O)O)cc1. The molecule has 7 nitrogen and oxygen atoms in total. The monoisotopic (exact) mass is 346 g/mol. The highest BCUT2D eigenvalue weighted by Gasteiger charge is 2.22. The first-order chi connectivity index (χ1) is 11.9. The first-order valence-corrected chi connectivity index (χ1v) is 8.06. The molecule has 134 valence electrons. The number of aryl methyl sites for hydroxylation is 1. The lowest BCUT2D eigenvalue weighted by atomic mass is 10.0. The number of carbonyl (C=O) groups excluding carboxylic acids is 1. The Labute approximate surface area is 146 Å². The fraction of sp³-hybridized carbons (Fsp3) is 0.389. The minimum Gasteiger partial charge on any atom is -0.482 e. The molecule has 2 N–H and O–H groups in total. The standard InChI is InChI=1S/C18H22N2O5/c1-11(2)17-16(12(3)20-25-17)18(23)19-9-8-13-4-6-14(7-5-13)24-10-15(21)22/h4-7,11H,8-10H2,1-3H3,(H,19,23)(H,21,22). The Morgan fingerprint density at radius 2 is 1.96 bits per heavy atom. The van der Waals surface area contributed by atoms with Gasteiger partial charge in [0.25, 0.3) is 5.91 Å². The number of nitrogens with one attached hydrogen (secondary N) is 1. The van der Waals surface area contributed by atoms with Gasteiger partial charge in [0.05, 0.1) is 5.69 Å². The van der Waals surface area contributed by atoms with Gasteiger partial charge in [0.1, 0.15) is 11.3 Å². The summed E-state index contributed by atoms with van der Waals surface area (Å²) in [5.74, 6) is -0.0347. The molecule has 1 aromatic heterocycles. The predicted molar refractivity (Wildman–Crippen MR) is 90.9 cm³/mol. The number of benzene rings is 1. The number of rotatable bonds is 8. The summed E-state index contributed by atoms with van der Waals surface area (Å²) >= 11 is 0. The first-order valence-electron chi connectivity index (χ1n) is 8.06. The van der Waals surface area contributed by atoms with E-state index in [1.165, 1.54) is 0 Å². The number of carbonyl (C=O) groups is 2. The molecule has 0 aliphatic carbocycles. The molecular formula is C18H22N2O5. The number of aliphatic carboxylic acids is 1. The Morgan fingerprint density at radius 1 is 1.28 bits per heavy atom. The molecule has 7 heteroatoms. The van der Waals surface area contributed by atoms with Gasteiger partial charge < -0.3 is 19.7 Å². The average Bonchev–Trinajstić information content (AvgIpc) is 2.96. The number of hydrogen-bond acceptors (Lipinski definition) is 5. The van der Waals surface area contributed by atoms with E-state index in [1.54, 1.807) is 19.1 Å². The zero-order valence-electron chi connectivity index (χ0n) is 14.5. The van der Waals surface area contributed by atoms with Crippen LogP contribution in [0.3, 0.4) is 0 Å². The lowest BCUT2D eigenvalue weighted by molar-refractivity contribution is -0.139. The van der Waals surface area contributed by atoms with Crippen molar-refractivity contribution in [2.24, 2.45) is 0 Å². The molecule has 1 amide bonds. The molecule has 0 saturated heterocycles. The highest BCUT2D eigenvalue weighted by atomic mass is 16.5. The number of carboxylic acid groups (broad SMARTS) is 1. The highest BCUT2D eigenvalue weighted by Crippen LogP contribution is 2.22. The second-order valence-electron chi connectivity index (χ2n) is 5.99. The fourth-order valence-corrected chi connectivity index (χ4v) is 2.36. The van der Waals surface area contributed by atoms with E-state index in [0.717, 1.165) is 5.56 Å². The van der Waals surface area contributed by atoms with Crippen molar-refractivity contribution in [1.29, 1.82) is 0 Å². The summed E-state index contributed by atoms with van der Waals surface area (Å²) in [5.41, 5.74) is 2.10. The van der Waals surface area contributed by atoms with E-state index in [4.69, 9.17) is 14.4 Å². The smallest absolute Gasteiger partial charge is 0.341 e. The third kappa shape index (κ3) is 5.07. The molecule has 0 atom stereocenters. The van der Waals surface area contributed by atoms with Gasteiger partial charge in [-0.25, -0.2) is 4.79 Å². The second kappa shape index (κ2) is 8.32. The van der Waals surface area contributed by atoms with Gasteiger partial charge in [-0.15, -0.1) is 0 Å². The summed E-state index contributed by atoms with van der Waals surface area (Å²) in [6, 6.07) is 7.10. The normalized spacial score (nSPS) is 10.7. The van der Waals surface area contributed by atoms with Crippen molar-refractivity contribution in [3.8, 4) is 5.75 Å². The largest absolute Gasteiger partial charge is 0.482 e.